The monoisotopic (exact) mass is 902 g/mol. The molecule has 0 aliphatic heterocycles. The van der Waals surface area contributed by atoms with Gasteiger partial charge in [-0.2, -0.15) is 5.26 Å². The summed E-state index contributed by atoms with van der Waals surface area (Å²) in [6.07, 6.45) is 1.08. The molecule has 65 heavy (non-hydrogen) atoms. The van der Waals surface area contributed by atoms with Gasteiger partial charge in [-0.1, -0.05) is 0 Å². The van der Waals surface area contributed by atoms with E-state index in [1.165, 1.54) is 0 Å². The van der Waals surface area contributed by atoms with Crippen LogP contribution in [0.15, 0.2) is 66.7 Å². The van der Waals surface area contributed by atoms with Gasteiger partial charge in [0.1, 0.15) is 39.8 Å². The number of ether oxygens (including phenoxy) is 5. The van der Waals surface area contributed by atoms with Crippen molar-refractivity contribution >= 4 is 41.8 Å². The van der Waals surface area contributed by atoms with Gasteiger partial charge in [-0.25, -0.2) is 14.4 Å². The summed E-state index contributed by atoms with van der Waals surface area (Å²) in [5.74, 6) is 0.0600. The highest BCUT2D eigenvalue weighted by Gasteiger charge is 2.26. The number of nitriles is 1. The van der Waals surface area contributed by atoms with Crippen LogP contribution < -0.4 is 36.1 Å². The summed E-state index contributed by atoms with van der Waals surface area (Å²) in [6.45, 7) is 16.1. The van der Waals surface area contributed by atoms with Crippen LogP contribution in [0.5, 0.6) is 23.0 Å². The van der Waals surface area contributed by atoms with E-state index in [1.807, 2.05) is 20.8 Å². The number of nitrogens with one attached hydrogen (secondary N) is 5. The Morgan fingerprint density at radius 1 is 0.600 bits per heavy atom. The van der Waals surface area contributed by atoms with Crippen LogP contribution in [-0.4, -0.2) is 83.1 Å². The van der Waals surface area contributed by atoms with Gasteiger partial charge < -0.3 is 55.4 Å². The van der Waals surface area contributed by atoms with Gasteiger partial charge in [0.15, 0.2) is 0 Å². The number of carboxylic acid groups (broad SMARTS) is 1. The number of carbonyl (C=O) groups excluding carboxylic acids is 5. The van der Waals surface area contributed by atoms with Gasteiger partial charge in [-0.05, 0) is 149 Å². The topological polar surface area (TPSA) is 253 Å². The molecule has 0 atom stereocenters. The first-order chi connectivity index (χ1) is 30.3. The number of nitrogens with zero attached hydrogens (tertiary/aromatic N) is 1. The van der Waals surface area contributed by atoms with Crippen molar-refractivity contribution in [3.63, 3.8) is 0 Å². The van der Waals surface area contributed by atoms with E-state index in [0.717, 1.165) is 0 Å². The Morgan fingerprint density at radius 3 is 1.48 bits per heavy atom. The van der Waals surface area contributed by atoms with Gasteiger partial charge in [0, 0.05) is 48.9 Å². The van der Waals surface area contributed by atoms with Crippen LogP contribution in [0.3, 0.4) is 0 Å². The second-order valence-electron chi connectivity index (χ2n) is 18.0. The summed E-state index contributed by atoms with van der Waals surface area (Å²) in [7, 11) is 0. The van der Waals surface area contributed by atoms with Crippen LogP contribution in [0.1, 0.15) is 117 Å². The quantitative estimate of drug-likeness (QED) is 0.0831. The molecular formula is C47H62N6O12. The van der Waals surface area contributed by atoms with Crippen molar-refractivity contribution in [2.24, 2.45) is 0 Å². The van der Waals surface area contributed by atoms with Crippen molar-refractivity contribution in [2.45, 2.75) is 130 Å². The normalized spacial score (nSPS) is 14.6. The average molecular weight is 903 g/mol. The standard InChI is InChI=1S/C39H47N5O8.C8H15NO4/c1-38(2,3)51-36(47)41-20-19-34(45)42-27-13-17-31(18-14-27)50-33-22-26(21-32(23-33)49-30-15-7-25(24-40)8-16-30)35(46)43-28-9-11-29(12-10-28)44-37(48)52-39(4,5)6;1-8(2,3)13-7(12)9-5-4-6(10)11/h7-8,13-18,21-23,28-29H,9-12,19-20H2,1-6H3,(H,41,47)(H,42,45)(H,43,46)(H,44,48);4-5H2,1-3H3,(H,9,12)(H,10,11). The van der Waals surface area contributed by atoms with Crippen LogP contribution in [-0.2, 0) is 23.8 Å². The minimum absolute atomic E-state index is 0.0342. The Hall–Kier alpha value is -7.03. The van der Waals surface area contributed by atoms with Crippen molar-refractivity contribution in [3.05, 3.63) is 77.9 Å². The molecule has 3 aromatic rings. The highest BCUT2D eigenvalue weighted by atomic mass is 16.6. The number of alkyl carbamates (subject to hydrolysis) is 3. The van der Waals surface area contributed by atoms with Crippen molar-refractivity contribution < 1.29 is 57.6 Å². The number of carboxylic acids is 1. The van der Waals surface area contributed by atoms with E-state index in [9.17, 15) is 28.8 Å². The second kappa shape index (κ2) is 24.1. The molecule has 0 unspecified atom stereocenters. The number of benzene rings is 3. The molecule has 0 heterocycles. The first-order valence-corrected chi connectivity index (χ1v) is 21.2. The number of aliphatic carboxylic acids is 1. The minimum Gasteiger partial charge on any atom is -0.481 e. The zero-order valence-corrected chi connectivity index (χ0v) is 38.5. The molecule has 6 N–H and O–H groups in total. The van der Waals surface area contributed by atoms with Crippen LogP contribution in [0, 0.1) is 11.3 Å². The number of amides is 5. The summed E-state index contributed by atoms with van der Waals surface area (Å²) in [6, 6.07) is 20.1. The zero-order chi connectivity index (χ0) is 48.4. The van der Waals surface area contributed by atoms with Gasteiger partial charge in [0.05, 0.1) is 18.1 Å². The van der Waals surface area contributed by atoms with Crippen molar-refractivity contribution in [2.75, 3.05) is 18.4 Å². The maximum atomic E-state index is 13.5. The number of rotatable bonds is 14. The number of carbonyl (C=O) groups is 6. The van der Waals surface area contributed by atoms with E-state index in [1.54, 1.807) is 108 Å². The first-order valence-electron chi connectivity index (χ1n) is 21.2. The summed E-state index contributed by atoms with van der Waals surface area (Å²) >= 11 is 0. The van der Waals surface area contributed by atoms with Crippen molar-refractivity contribution in [1.29, 1.82) is 5.26 Å². The SMILES string of the molecule is CC(C)(C)OC(=O)NCCC(=O)Nc1ccc(Oc2cc(Oc3ccc(C#N)cc3)cc(C(=O)NC3CCC(NC(=O)OC(C)(C)C)CC3)c2)cc1.CC(C)(C)OC(=O)NCCC(=O)O. The van der Waals surface area contributed by atoms with E-state index in [2.05, 4.69) is 32.7 Å². The Kier molecular flexibility index (Phi) is 19.4. The maximum absolute atomic E-state index is 13.5. The molecule has 0 spiro atoms. The average Bonchev–Trinajstić information content (AvgIpc) is 3.17. The Balaban J connectivity index is 0.000000747. The Bertz CT molecular complexity index is 2120. The summed E-state index contributed by atoms with van der Waals surface area (Å²) < 4.78 is 27.6. The van der Waals surface area contributed by atoms with Gasteiger partial charge >= 0.3 is 24.2 Å². The Morgan fingerprint density at radius 2 is 1.03 bits per heavy atom. The molecule has 18 nitrogen and oxygen atoms in total. The van der Waals surface area contributed by atoms with E-state index in [4.69, 9.17) is 34.1 Å². The largest absolute Gasteiger partial charge is 0.481 e. The number of hydrogen-bond acceptors (Lipinski definition) is 12. The molecule has 18 heteroatoms. The van der Waals surface area contributed by atoms with Crippen LogP contribution in [0.2, 0.25) is 0 Å². The molecule has 352 valence electrons. The fourth-order valence-corrected chi connectivity index (χ4v) is 5.82. The lowest BCUT2D eigenvalue weighted by atomic mass is 9.91. The minimum atomic E-state index is -0.948. The lowest BCUT2D eigenvalue weighted by Gasteiger charge is -2.30. The summed E-state index contributed by atoms with van der Waals surface area (Å²) in [5, 5.41) is 31.1. The molecule has 3 aromatic carbocycles. The highest BCUT2D eigenvalue weighted by Crippen LogP contribution is 2.32. The second-order valence-corrected chi connectivity index (χ2v) is 18.0. The fourth-order valence-electron chi connectivity index (χ4n) is 5.82. The number of hydrogen-bond donors (Lipinski definition) is 6. The molecule has 1 aliphatic carbocycles. The molecule has 1 saturated carbocycles. The smallest absolute Gasteiger partial charge is 0.407 e. The molecule has 0 bridgehead atoms. The highest BCUT2D eigenvalue weighted by molar-refractivity contribution is 5.95. The summed E-state index contributed by atoms with van der Waals surface area (Å²) in [5.41, 5.74) is -0.428. The van der Waals surface area contributed by atoms with E-state index < -0.39 is 41.1 Å². The van der Waals surface area contributed by atoms with E-state index in [-0.39, 0.29) is 49.8 Å². The van der Waals surface area contributed by atoms with E-state index in [0.29, 0.717) is 65.5 Å². The van der Waals surface area contributed by atoms with Gasteiger partial charge in [-0.15, -0.1) is 0 Å². The predicted octanol–water partition coefficient (Wildman–Crippen LogP) is 8.55. The lowest BCUT2D eigenvalue weighted by molar-refractivity contribution is -0.136. The predicted molar refractivity (Wildman–Crippen MR) is 241 cm³/mol. The molecule has 4 rings (SSSR count). The number of anilines is 1. The fraction of sp³-hybridized carbons (Fsp3) is 0.468. The zero-order valence-electron chi connectivity index (χ0n) is 38.5. The van der Waals surface area contributed by atoms with Crippen LogP contribution in [0.25, 0.3) is 0 Å². The molecular weight excluding hydrogens is 841 g/mol. The molecule has 0 aromatic heterocycles. The maximum Gasteiger partial charge on any atom is 0.407 e. The first kappa shape index (κ1) is 52.3. The van der Waals surface area contributed by atoms with Crippen LogP contribution in [0.4, 0.5) is 20.1 Å². The van der Waals surface area contributed by atoms with Crippen molar-refractivity contribution in [3.8, 4) is 29.1 Å². The third kappa shape index (κ3) is 22.2. The Labute approximate surface area is 380 Å². The molecule has 0 radical (unpaired) electrons. The van der Waals surface area contributed by atoms with Crippen molar-refractivity contribution in [1.82, 2.24) is 21.3 Å². The third-order valence-corrected chi connectivity index (χ3v) is 8.55. The molecule has 0 saturated heterocycles. The van der Waals surface area contributed by atoms with E-state index >= 15 is 0 Å². The summed E-state index contributed by atoms with van der Waals surface area (Å²) in [4.78, 5) is 70.9. The molecule has 1 fully saturated rings. The van der Waals surface area contributed by atoms with Crippen LogP contribution >= 0.6 is 0 Å². The molecule has 5 amide bonds. The third-order valence-electron chi connectivity index (χ3n) is 8.55. The van der Waals surface area contributed by atoms with Gasteiger partial charge in [0.2, 0.25) is 5.91 Å². The lowest BCUT2D eigenvalue weighted by Crippen LogP contribution is -2.45. The molecule has 1 aliphatic rings. The van der Waals surface area contributed by atoms with Gasteiger partial charge in [-0.3, -0.25) is 14.4 Å². The van der Waals surface area contributed by atoms with Gasteiger partial charge in [0.25, 0.3) is 5.91 Å².